The minimum atomic E-state index is -0.982. The molecule has 0 bridgehead atoms. The van der Waals surface area contributed by atoms with Crippen molar-refractivity contribution in [1.29, 1.82) is 0 Å². The van der Waals surface area contributed by atoms with Gasteiger partial charge >= 0.3 is 11.9 Å². The van der Waals surface area contributed by atoms with Crippen molar-refractivity contribution < 1.29 is 29.0 Å². The van der Waals surface area contributed by atoms with E-state index in [1.807, 2.05) is 0 Å². The van der Waals surface area contributed by atoms with Crippen LogP contribution in [0.2, 0.25) is 0 Å². The average molecular weight is 447 g/mol. The Morgan fingerprint density at radius 3 is 2.63 bits per heavy atom. The Hall–Kier alpha value is -1.32. The largest absolute Gasteiger partial charge is 0.481 e. The van der Waals surface area contributed by atoms with Gasteiger partial charge < -0.3 is 19.9 Å². The van der Waals surface area contributed by atoms with Gasteiger partial charge in [0.05, 0.1) is 32.2 Å². The molecular formula is C21H38N2O6S. The predicted molar refractivity (Wildman–Crippen MR) is 118 cm³/mol. The van der Waals surface area contributed by atoms with Crippen LogP contribution in [0.5, 0.6) is 0 Å². The van der Waals surface area contributed by atoms with Crippen molar-refractivity contribution >= 4 is 29.6 Å². The van der Waals surface area contributed by atoms with Crippen LogP contribution in [0.1, 0.15) is 51.9 Å². The molecule has 2 N–H and O–H groups in total. The molecule has 0 aromatic heterocycles. The van der Waals surface area contributed by atoms with Crippen LogP contribution in [-0.2, 0) is 23.9 Å². The van der Waals surface area contributed by atoms with E-state index in [1.54, 1.807) is 0 Å². The van der Waals surface area contributed by atoms with Crippen molar-refractivity contribution in [3.63, 3.8) is 0 Å². The number of carboxylic acids is 1. The molecule has 0 radical (unpaired) electrons. The van der Waals surface area contributed by atoms with E-state index in [-0.39, 0.29) is 24.7 Å². The van der Waals surface area contributed by atoms with Crippen molar-refractivity contribution in [2.45, 2.75) is 51.9 Å². The van der Waals surface area contributed by atoms with E-state index in [1.165, 1.54) is 11.8 Å². The van der Waals surface area contributed by atoms with Gasteiger partial charge in [0.1, 0.15) is 0 Å². The molecule has 1 aliphatic rings. The van der Waals surface area contributed by atoms with E-state index in [4.69, 9.17) is 9.47 Å². The Morgan fingerprint density at radius 2 is 1.93 bits per heavy atom. The number of unbranched alkanes of at least 4 members (excludes halogenated alkanes) is 3. The molecule has 1 aliphatic heterocycles. The molecule has 1 amide bonds. The zero-order chi connectivity index (χ0) is 22.0. The van der Waals surface area contributed by atoms with Gasteiger partial charge in [-0.05, 0) is 19.4 Å². The number of carbonyl (C=O) groups excluding carboxylic acids is 2. The van der Waals surface area contributed by atoms with Gasteiger partial charge in [0.2, 0.25) is 5.91 Å². The van der Waals surface area contributed by atoms with Crippen LogP contribution in [-0.4, -0.2) is 85.4 Å². The van der Waals surface area contributed by atoms with Gasteiger partial charge in [-0.2, -0.15) is 11.8 Å². The Bertz CT molecular complexity index is 500. The van der Waals surface area contributed by atoms with Gasteiger partial charge in [-0.25, -0.2) is 0 Å². The molecule has 0 spiro atoms. The van der Waals surface area contributed by atoms with Gasteiger partial charge in [-0.15, -0.1) is 0 Å². The molecule has 1 atom stereocenters. The molecule has 0 aliphatic carbocycles. The molecule has 9 heteroatoms. The summed E-state index contributed by atoms with van der Waals surface area (Å²) in [5.41, 5.74) is 0. The number of hydrogen-bond acceptors (Lipinski definition) is 7. The summed E-state index contributed by atoms with van der Waals surface area (Å²) in [5, 5.41) is 12.2. The fraction of sp³-hybridized carbons (Fsp3) is 0.857. The maximum Gasteiger partial charge on any atom is 0.307 e. The summed E-state index contributed by atoms with van der Waals surface area (Å²) in [6.45, 7) is 7.35. The van der Waals surface area contributed by atoms with Crippen LogP contribution in [0.3, 0.4) is 0 Å². The van der Waals surface area contributed by atoms with Crippen LogP contribution in [0, 0.1) is 5.92 Å². The van der Waals surface area contributed by atoms with Crippen LogP contribution in [0.15, 0.2) is 0 Å². The molecule has 1 rings (SSSR count). The third-order valence-electron chi connectivity index (χ3n) is 4.89. The van der Waals surface area contributed by atoms with E-state index in [2.05, 4.69) is 17.1 Å². The van der Waals surface area contributed by atoms with E-state index < -0.39 is 11.9 Å². The highest BCUT2D eigenvalue weighted by Gasteiger charge is 2.21. The van der Waals surface area contributed by atoms with Crippen molar-refractivity contribution in [3.05, 3.63) is 0 Å². The van der Waals surface area contributed by atoms with Crippen LogP contribution < -0.4 is 5.32 Å². The zero-order valence-electron chi connectivity index (χ0n) is 18.2. The number of amides is 1. The highest BCUT2D eigenvalue weighted by Crippen LogP contribution is 2.14. The van der Waals surface area contributed by atoms with E-state index in [0.717, 1.165) is 65.0 Å². The summed E-state index contributed by atoms with van der Waals surface area (Å²) in [5.74, 6) is -1.41. The van der Waals surface area contributed by atoms with E-state index in [9.17, 15) is 19.5 Å². The lowest BCUT2D eigenvalue weighted by Gasteiger charge is -2.26. The molecule has 1 unspecified atom stereocenters. The van der Waals surface area contributed by atoms with Crippen molar-refractivity contribution in [1.82, 2.24) is 10.2 Å². The van der Waals surface area contributed by atoms with Crippen molar-refractivity contribution in [3.8, 4) is 0 Å². The summed E-state index contributed by atoms with van der Waals surface area (Å²) < 4.78 is 10.5. The SMILES string of the molecule is CCCCCCOC(=O)CCSCC(CC(=O)NCCCN1CCOCC1)C(=O)O. The monoisotopic (exact) mass is 446 g/mol. The zero-order valence-corrected chi connectivity index (χ0v) is 19.1. The van der Waals surface area contributed by atoms with Gasteiger partial charge in [0.15, 0.2) is 0 Å². The Kier molecular flexibility index (Phi) is 15.5. The molecule has 8 nitrogen and oxygen atoms in total. The number of carbonyl (C=O) groups is 3. The molecule has 1 saturated heterocycles. The maximum atomic E-state index is 12.1. The van der Waals surface area contributed by atoms with Crippen LogP contribution >= 0.6 is 11.8 Å². The first-order valence-electron chi connectivity index (χ1n) is 11.1. The second-order valence-corrected chi connectivity index (χ2v) is 8.65. The quantitative estimate of drug-likeness (QED) is 0.259. The summed E-state index contributed by atoms with van der Waals surface area (Å²) in [6, 6.07) is 0. The fourth-order valence-corrected chi connectivity index (χ4v) is 4.06. The normalized spacial score (nSPS) is 15.5. The molecule has 0 aromatic rings. The van der Waals surface area contributed by atoms with Crippen molar-refractivity contribution in [2.75, 3.05) is 57.5 Å². The minimum Gasteiger partial charge on any atom is -0.481 e. The van der Waals surface area contributed by atoms with Crippen LogP contribution in [0.4, 0.5) is 0 Å². The first-order valence-corrected chi connectivity index (χ1v) is 12.2. The average Bonchev–Trinajstić information content (AvgIpc) is 2.74. The number of nitrogens with zero attached hydrogens (tertiary/aromatic N) is 1. The number of morpholine rings is 1. The standard InChI is InChI=1S/C21H38N2O6S/c1-2-3-4-5-12-29-20(25)7-15-30-17-18(21(26)27)16-19(24)22-8-6-9-23-10-13-28-14-11-23/h18H,2-17H2,1H3,(H,22,24)(H,26,27). The lowest BCUT2D eigenvalue weighted by atomic mass is 10.1. The summed E-state index contributed by atoms with van der Waals surface area (Å²) in [4.78, 5) is 37.4. The Labute approximate surface area is 184 Å². The smallest absolute Gasteiger partial charge is 0.307 e. The molecule has 1 heterocycles. The first-order chi connectivity index (χ1) is 14.5. The first kappa shape index (κ1) is 26.7. The van der Waals surface area contributed by atoms with Crippen LogP contribution in [0.25, 0.3) is 0 Å². The second kappa shape index (κ2) is 17.4. The number of thioether (sulfide) groups is 1. The summed E-state index contributed by atoms with van der Waals surface area (Å²) >= 11 is 1.37. The molecule has 0 aromatic carbocycles. The lowest BCUT2D eigenvalue weighted by molar-refractivity contribution is -0.143. The lowest BCUT2D eigenvalue weighted by Crippen LogP contribution is -2.38. The molecule has 174 valence electrons. The third kappa shape index (κ3) is 13.8. The highest BCUT2D eigenvalue weighted by atomic mass is 32.2. The summed E-state index contributed by atoms with van der Waals surface area (Å²) in [6.07, 6.45) is 5.29. The molecule has 1 fully saturated rings. The number of hydrogen-bond donors (Lipinski definition) is 2. The number of rotatable bonds is 17. The van der Waals surface area contributed by atoms with Gasteiger partial charge in [-0.1, -0.05) is 26.2 Å². The van der Waals surface area contributed by atoms with Gasteiger partial charge in [0.25, 0.3) is 0 Å². The van der Waals surface area contributed by atoms with Crippen molar-refractivity contribution in [2.24, 2.45) is 5.92 Å². The molecule has 30 heavy (non-hydrogen) atoms. The third-order valence-corrected chi connectivity index (χ3v) is 6.02. The minimum absolute atomic E-state index is 0.0399. The molecule has 0 saturated carbocycles. The van der Waals surface area contributed by atoms with Gasteiger partial charge in [-0.3, -0.25) is 19.3 Å². The number of aliphatic carboxylic acids is 1. The number of carboxylic acid groups (broad SMARTS) is 1. The molecular weight excluding hydrogens is 408 g/mol. The second-order valence-electron chi connectivity index (χ2n) is 7.50. The number of ether oxygens (including phenoxy) is 2. The van der Waals surface area contributed by atoms with Gasteiger partial charge in [0, 0.05) is 37.6 Å². The Morgan fingerprint density at radius 1 is 1.17 bits per heavy atom. The van der Waals surface area contributed by atoms with E-state index in [0.29, 0.717) is 24.7 Å². The topological polar surface area (TPSA) is 105 Å². The maximum absolute atomic E-state index is 12.1. The number of esters is 1. The number of nitrogens with one attached hydrogen (secondary N) is 1. The summed E-state index contributed by atoms with van der Waals surface area (Å²) in [7, 11) is 0. The van der Waals surface area contributed by atoms with E-state index >= 15 is 0 Å². The Balaban J connectivity index is 2.09. The fourth-order valence-electron chi connectivity index (χ4n) is 3.04. The highest BCUT2D eigenvalue weighted by molar-refractivity contribution is 7.99. The predicted octanol–water partition coefficient (Wildman–Crippen LogP) is 2.16.